The van der Waals surface area contributed by atoms with Crippen LogP contribution in [0.3, 0.4) is 0 Å². The van der Waals surface area contributed by atoms with Gasteiger partial charge in [-0.25, -0.2) is 0 Å². The number of carbonyl (C=O) groups is 2. The van der Waals surface area contributed by atoms with Crippen molar-refractivity contribution in [3.8, 4) is 0 Å². The first kappa shape index (κ1) is 17.7. The summed E-state index contributed by atoms with van der Waals surface area (Å²) in [6, 6.07) is 15.0. The van der Waals surface area contributed by atoms with Gasteiger partial charge in [0, 0.05) is 18.0 Å². The van der Waals surface area contributed by atoms with E-state index in [2.05, 4.69) is 5.32 Å². The third-order valence-electron chi connectivity index (χ3n) is 5.31. The summed E-state index contributed by atoms with van der Waals surface area (Å²) in [6.45, 7) is 2.61. The summed E-state index contributed by atoms with van der Waals surface area (Å²) in [5.74, 6) is -0.261. The molecule has 0 aliphatic carbocycles. The van der Waals surface area contributed by atoms with E-state index < -0.39 is 12.1 Å². The standard InChI is InChI=1S/C22H24N2O3/c1-15-8-11-17(12-9-15)23-21(25)19-13-10-16-5-2-3-6-18(16)24(19)22(26)20-7-4-14-27-20/h2-3,5-6,8-9,11-12,19-20H,4,7,10,13-14H2,1H3,(H,23,25)/t19-,20-/m1/s1. The number of carbonyl (C=O) groups excluding carboxylic acids is 2. The molecule has 1 N–H and O–H groups in total. The molecule has 0 saturated carbocycles. The van der Waals surface area contributed by atoms with Crippen molar-refractivity contribution in [2.75, 3.05) is 16.8 Å². The number of para-hydroxylation sites is 1. The van der Waals surface area contributed by atoms with Crippen molar-refractivity contribution >= 4 is 23.2 Å². The molecule has 2 aromatic carbocycles. The summed E-state index contributed by atoms with van der Waals surface area (Å²) in [5.41, 5.74) is 3.81. The molecule has 2 aliphatic heterocycles. The minimum absolute atomic E-state index is 0.108. The van der Waals surface area contributed by atoms with Crippen LogP contribution in [0.2, 0.25) is 0 Å². The first-order chi connectivity index (χ1) is 13.1. The van der Waals surface area contributed by atoms with E-state index >= 15 is 0 Å². The number of aryl methyl sites for hydroxylation is 2. The zero-order valence-electron chi connectivity index (χ0n) is 15.5. The van der Waals surface area contributed by atoms with Crippen LogP contribution in [0, 0.1) is 6.92 Å². The topological polar surface area (TPSA) is 58.6 Å². The van der Waals surface area contributed by atoms with Gasteiger partial charge in [0.05, 0.1) is 0 Å². The lowest BCUT2D eigenvalue weighted by Crippen LogP contribution is -2.53. The largest absolute Gasteiger partial charge is 0.368 e. The number of anilines is 2. The van der Waals surface area contributed by atoms with Crippen LogP contribution in [-0.2, 0) is 20.7 Å². The fourth-order valence-electron chi connectivity index (χ4n) is 3.86. The van der Waals surface area contributed by atoms with E-state index in [4.69, 9.17) is 4.74 Å². The van der Waals surface area contributed by atoms with Crippen LogP contribution >= 0.6 is 0 Å². The maximum atomic E-state index is 13.2. The fraction of sp³-hybridized carbons (Fsp3) is 0.364. The Balaban J connectivity index is 1.62. The summed E-state index contributed by atoms with van der Waals surface area (Å²) in [7, 11) is 0. The van der Waals surface area contributed by atoms with Crippen LogP contribution in [0.4, 0.5) is 11.4 Å². The van der Waals surface area contributed by atoms with Crippen LogP contribution in [0.15, 0.2) is 48.5 Å². The molecule has 0 unspecified atom stereocenters. The van der Waals surface area contributed by atoms with Crippen molar-refractivity contribution in [2.24, 2.45) is 0 Å². The Bertz CT molecular complexity index is 841. The van der Waals surface area contributed by atoms with E-state index in [1.54, 1.807) is 4.90 Å². The minimum Gasteiger partial charge on any atom is -0.368 e. The molecule has 5 nitrogen and oxygen atoms in total. The van der Waals surface area contributed by atoms with Gasteiger partial charge in [0.1, 0.15) is 12.1 Å². The van der Waals surface area contributed by atoms with Gasteiger partial charge in [0.25, 0.3) is 5.91 Å². The molecular weight excluding hydrogens is 340 g/mol. The molecule has 2 aromatic rings. The molecule has 1 fully saturated rings. The van der Waals surface area contributed by atoms with Crippen LogP contribution in [0.5, 0.6) is 0 Å². The SMILES string of the molecule is Cc1ccc(NC(=O)[C@H]2CCc3ccccc3N2C(=O)[C@H]2CCCO2)cc1. The molecule has 0 aromatic heterocycles. The van der Waals surface area contributed by atoms with Crippen LogP contribution in [0.25, 0.3) is 0 Å². The summed E-state index contributed by atoms with van der Waals surface area (Å²) >= 11 is 0. The van der Waals surface area contributed by atoms with Crippen LogP contribution < -0.4 is 10.2 Å². The third kappa shape index (κ3) is 3.60. The van der Waals surface area contributed by atoms with Crippen molar-refractivity contribution in [1.82, 2.24) is 0 Å². The highest BCUT2D eigenvalue weighted by Crippen LogP contribution is 2.33. The second kappa shape index (κ2) is 7.53. The molecule has 140 valence electrons. The second-order valence-corrected chi connectivity index (χ2v) is 7.25. The molecule has 0 spiro atoms. The normalized spacial score (nSPS) is 21.6. The lowest BCUT2D eigenvalue weighted by Gasteiger charge is -2.37. The van der Waals surface area contributed by atoms with Gasteiger partial charge in [-0.1, -0.05) is 35.9 Å². The minimum atomic E-state index is -0.530. The number of hydrogen-bond acceptors (Lipinski definition) is 3. The smallest absolute Gasteiger partial charge is 0.256 e. The highest BCUT2D eigenvalue weighted by molar-refractivity contribution is 6.07. The summed E-state index contributed by atoms with van der Waals surface area (Å²) in [5, 5.41) is 2.97. The molecule has 27 heavy (non-hydrogen) atoms. The average molecular weight is 364 g/mol. The zero-order valence-corrected chi connectivity index (χ0v) is 15.5. The number of nitrogens with zero attached hydrogens (tertiary/aromatic N) is 1. The van der Waals surface area contributed by atoms with E-state index in [0.29, 0.717) is 19.4 Å². The first-order valence-electron chi connectivity index (χ1n) is 9.53. The van der Waals surface area contributed by atoms with Crippen molar-refractivity contribution in [1.29, 1.82) is 0 Å². The zero-order chi connectivity index (χ0) is 18.8. The number of hydrogen-bond donors (Lipinski definition) is 1. The molecule has 1 saturated heterocycles. The van der Waals surface area contributed by atoms with Gasteiger partial charge in [0.15, 0.2) is 0 Å². The Morgan fingerprint density at radius 3 is 2.59 bits per heavy atom. The molecule has 2 heterocycles. The van der Waals surface area contributed by atoms with Crippen LogP contribution in [-0.4, -0.2) is 30.6 Å². The number of fused-ring (bicyclic) bond motifs is 1. The molecule has 4 rings (SSSR count). The number of rotatable bonds is 3. The molecular formula is C22H24N2O3. The van der Waals surface area contributed by atoms with E-state index in [1.807, 2.05) is 55.5 Å². The summed E-state index contributed by atoms with van der Waals surface area (Å²) in [6.07, 6.45) is 2.52. The van der Waals surface area contributed by atoms with E-state index in [1.165, 1.54) is 0 Å². The Kier molecular flexibility index (Phi) is 4.94. The van der Waals surface area contributed by atoms with Gasteiger partial charge < -0.3 is 10.1 Å². The number of ether oxygens (including phenoxy) is 1. The van der Waals surface area contributed by atoms with Gasteiger partial charge in [0.2, 0.25) is 5.91 Å². The van der Waals surface area contributed by atoms with Gasteiger partial charge in [-0.15, -0.1) is 0 Å². The van der Waals surface area contributed by atoms with Gasteiger partial charge >= 0.3 is 0 Å². The molecule has 2 atom stereocenters. The molecule has 5 heteroatoms. The van der Waals surface area contributed by atoms with Crippen LogP contribution in [0.1, 0.15) is 30.4 Å². The lowest BCUT2D eigenvalue weighted by molar-refractivity contribution is -0.130. The number of benzene rings is 2. The first-order valence-corrected chi connectivity index (χ1v) is 9.53. The Morgan fingerprint density at radius 2 is 1.85 bits per heavy atom. The third-order valence-corrected chi connectivity index (χ3v) is 5.31. The molecule has 2 aliphatic rings. The highest BCUT2D eigenvalue weighted by atomic mass is 16.5. The predicted octanol–water partition coefficient (Wildman–Crippen LogP) is 3.46. The van der Waals surface area contributed by atoms with Crippen molar-refractivity contribution in [3.05, 3.63) is 59.7 Å². The number of amides is 2. The quantitative estimate of drug-likeness (QED) is 0.907. The Hall–Kier alpha value is -2.66. The molecule has 0 radical (unpaired) electrons. The fourth-order valence-corrected chi connectivity index (χ4v) is 3.86. The van der Waals surface area contributed by atoms with Crippen molar-refractivity contribution in [3.63, 3.8) is 0 Å². The van der Waals surface area contributed by atoms with E-state index in [0.717, 1.165) is 35.3 Å². The number of nitrogens with one attached hydrogen (secondary N) is 1. The monoisotopic (exact) mass is 364 g/mol. The van der Waals surface area contributed by atoms with Gasteiger partial charge in [-0.3, -0.25) is 14.5 Å². The average Bonchev–Trinajstić information content (AvgIpc) is 3.23. The summed E-state index contributed by atoms with van der Waals surface area (Å²) < 4.78 is 5.62. The Labute approximate surface area is 159 Å². The maximum Gasteiger partial charge on any atom is 0.256 e. The predicted molar refractivity (Wildman–Crippen MR) is 105 cm³/mol. The second-order valence-electron chi connectivity index (χ2n) is 7.25. The molecule has 0 bridgehead atoms. The highest BCUT2D eigenvalue weighted by Gasteiger charge is 2.39. The summed E-state index contributed by atoms with van der Waals surface area (Å²) in [4.78, 5) is 27.9. The Morgan fingerprint density at radius 1 is 1.07 bits per heavy atom. The molecule has 2 amide bonds. The van der Waals surface area contributed by atoms with Crippen molar-refractivity contribution < 1.29 is 14.3 Å². The van der Waals surface area contributed by atoms with Gasteiger partial charge in [-0.2, -0.15) is 0 Å². The van der Waals surface area contributed by atoms with Crippen molar-refractivity contribution in [2.45, 2.75) is 44.8 Å². The van der Waals surface area contributed by atoms with E-state index in [9.17, 15) is 9.59 Å². The van der Waals surface area contributed by atoms with E-state index in [-0.39, 0.29) is 11.8 Å². The maximum absolute atomic E-state index is 13.2. The van der Waals surface area contributed by atoms with Gasteiger partial charge in [-0.05, 0) is 56.4 Å². The lowest BCUT2D eigenvalue weighted by atomic mass is 9.94.